The summed E-state index contributed by atoms with van der Waals surface area (Å²) in [4.78, 5) is 24.1. The quantitative estimate of drug-likeness (QED) is 0.416. The zero-order valence-electron chi connectivity index (χ0n) is 15.3. The number of hydrogen-bond donors (Lipinski definition) is 0. The van der Waals surface area contributed by atoms with Crippen LogP contribution in [0, 0.1) is 6.92 Å². The molecule has 5 nitrogen and oxygen atoms in total. The van der Waals surface area contributed by atoms with Crippen LogP contribution in [0.2, 0.25) is 0 Å². The Kier molecular flexibility index (Phi) is 7.62. The van der Waals surface area contributed by atoms with Crippen molar-refractivity contribution in [1.29, 1.82) is 0 Å². The van der Waals surface area contributed by atoms with Gasteiger partial charge in [-0.1, -0.05) is 50.6 Å². The van der Waals surface area contributed by atoms with Crippen molar-refractivity contribution in [3.8, 4) is 0 Å². The normalized spacial score (nSPS) is 11.5. The number of carbonyl (C=O) groups excluding carboxylic acids is 2. The Morgan fingerprint density at radius 1 is 1.17 bits per heavy atom. The predicted octanol–water partition coefficient (Wildman–Crippen LogP) is 3.45. The second-order valence-electron chi connectivity index (χ2n) is 5.82. The van der Waals surface area contributed by atoms with Crippen molar-refractivity contribution >= 4 is 18.1 Å². The van der Waals surface area contributed by atoms with E-state index in [2.05, 4.69) is 5.10 Å². The van der Waals surface area contributed by atoms with E-state index in [-0.39, 0.29) is 18.5 Å². The molecule has 132 valence electrons. The minimum atomic E-state index is -0.597. The third kappa shape index (κ3) is 4.66. The monoisotopic (exact) mass is 332 g/mol. The molecular weight excluding hydrogens is 304 g/mol. The van der Waals surface area contributed by atoms with Crippen LogP contribution in [0.25, 0.3) is 0 Å². The topological polar surface area (TPSA) is 59.0 Å². The van der Waals surface area contributed by atoms with E-state index >= 15 is 0 Å². The van der Waals surface area contributed by atoms with Gasteiger partial charge in [-0.2, -0.15) is 5.10 Å². The number of esters is 1. The highest BCUT2D eigenvalue weighted by molar-refractivity contribution is 5.88. The summed E-state index contributed by atoms with van der Waals surface area (Å²) >= 11 is 0. The van der Waals surface area contributed by atoms with E-state index in [1.54, 1.807) is 14.0 Å². The summed E-state index contributed by atoms with van der Waals surface area (Å²) in [5.74, 6) is -0.346. The zero-order valence-corrected chi connectivity index (χ0v) is 15.3. The molecule has 0 aliphatic carbocycles. The van der Waals surface area contributed by atoms with Gasteiger partial charge >= 0.3 is 5.97 Å². The van der Waals surface area contributed by atoms with E-state index in [0.29, 0.717) is 19.3 Å². The molecule has 0 saturated heterocycles. The van der Waals surface area contributed by atoms with Crippen molar-refractivity contribution in [2.75, 3.05) is 13.7 Å². The van der Waals surface area contributed by atoms with Crippen LogP contribution in [0.5, 0.6) is 0 Å². The van der Waals surface area contributed by atoms with Gasteiger partial charge in [-0.25, -0.2) is 5.01 Å². The van der Waals surface area contributed by atoms with E-state index in [1.165, 1.54) is 11.2 Å². The van der Waals surface area contributed by atoms with Crippen molar-refractivity contribution in [3.05, 3.63) is 35.4 Å². The summed E-state index contributed by atoms with van der Waals surface area (Å²) in [5.41, 5.74) is 1.57. The van der Waals surface area contributed by atoms with Crippen LogP contribution in [-0.4, -0.2) is 36.8 Å². The molecule has 0 aromatic heterocycles. The summed E-state index contributed by atoms with van der Waals surface area (Å²) in [6.07, 6.45) is 3.15. The first kappa shape index (κ1) is 19.9. The van der Waals surface area contributed by atoms with Gasteiger partial charge in [0.2, 0.25) is 0 Å². The molecule has 5 heteroatoms. The molecule has 1 rings (SSSR count). The number of hydrazone groups is 1. The van der Waals surface area contributed by atoms with Crippen molar-refractivity contribution in [2.24, 2.45) is 5.10 Å². The van der Waals surface area contributed by atoms with E-state index < -0.39 is 5.41 Å². The Morgan fingerprint density at radius 2 is 1.75 bits per heavy atom. The number of amides is 1. The lowest BCUT2D eigenvalue weighted by Crippen LogP contribution is -2.42. The fraction of sp³-hybridized carbons (Fsp3) is 0.526. The number of benzene rings is 1. The van der Waals surface area contributed by atoms with Crippen molar-refractivity contribution in [1.82, 2.24) is 5.01 Å². The molecule has 0 saturated carbocycles. The minimum absolute atomic E-state index is 0.0607. The molecular formula is C19H28N2O3. The van der Waals surface area contributed by atoms with Crippen molar-refractivity contribution in [2.45, 2.75) is 52.4 Å². The molecule has 0 radical (unpaired) electrons. The van der Waals surface area contributed by atoms with Crippen LogP contribution in [0.3, 0.4) is 0 Å². The molecule has 0 aliphatic rings. The van der Waals surface area contributed by atoms with E-state index in [0.717, 1.165) is 11.1 Å². The van der Waals surface area contributed by atoms with Gasteiger partial charge in [0.25, 0.3) is 5.91 Å². The highest BCUT2D eigenvalue weighted by Crippen LogP contribution is 2.33. The zero-order chi connectivity index (χ0) is 18.2. The van der Waals surface area contributed by atoms with Crippen LogP contribution >= 0.6 is 0 Å². The van der Waals surface area contributed by atoms with Gasteiger partial charge in [0.05, 0.1) is 11.6 Å². The maximum Gasteiger partial charge on any atom is 0.305 e. The van der Waals surface area contributed by atoms with Crippen molar-refractivity contribution < 1.29 is 14.3 Å². The molecule has 24 heavy (non-hydrogen) atoms. The Labute approximate surface area is 144 Å². The van der Waals surface area contributed by atoms with Crippen LogP contribution in [0.4, 0.5) is 0 Å². The lowest BCUT2D eigenvalue weighted by molar-refractivity contribution is -0.141. The largest absolute Gasteiger partial charge is 0.460 e. The molecule has 1 amide bonds. The molecule has 0 atom stereocenters. The third-order valence-electron chi connectivity index (χ3n) is 4.38. The predicted molar refractivity (Wildman–Crippen MR) is 96.0 cm³/mol. The van der Waals surface area contributed by atoms with Gasteiger partial charge in [-0.05, 0) is 25.3 Å². The fourth-order valence-electron chi connectivity index (χ4n) is 2.71. The standard InChI is InChI=1S/C19H28N2O3/c1-6-17(22)24-14-13-20-21(5)18(23)19(7-2,8-3)16-11-9-15(4)10-12-16/h9-13H,6-8,14H2,1-5H3. The number of aryl methyl sites for hydroxylation is 1. The number of carbonyl (C=O) groups is 2. The summed E-state index contributed by atoms with van der Waals surface area (Å²) in [7, 11) is 1.63. The van der Waals surface area contributed by atoms with Gasteiger partial charge in [0.15, 0.2) is 0 Å². The number of nitrogens with zero attached hydrogens (tertiary/aromatic N) is 2. The van der Waals surface area contributed by atoms with Crippen LogP contribution < -0.4 is 0 Å². The maximum atomic E-state index is 13.0. The number of ether oxygens (including phenoxy) is 1. The van der Waals surface area contributed by atoms with Crippen LogP contribution in [0.1, 0.15) is 51.2 Å². The summed E-state index contributed by atoms with van der Waals surface area (Å²) in [6.45, 7) is 7.86. The number of rotatable bonds is 8. The minimum Gasteiger partial charge on any atom is -0.460 e. The second-order valence-corrected chi connectivity index (χ2v) is 5.82. The lowest BCUT2D eigenvalue weighted by atomic mass is 9.74. The molecule has 0 bridgehead atoms. The average Bonchev–Trinajstić information content (AvgIpc) is 2.60. The first-order valence-corrected chi connectivity index (χ1v) is 8.44. The number of hydrogen-bond acceptors (Lipinski definition) is 4. The van der Waals surface area contributed by atoms with Gasteiger partial charge in [-0.3, -0.25) is 9.59 Å². The Hall–Kier alpha value is -2.17. The first-order valence-electron chi connectivity index (χ1n) is 8.44. The molecule has 0 unspecified atom stereocenters. The van der Waals surface area contributed by atoms with Crippen LogP contribution in [0.15, 0.2) is 29.4 Å². The lowest BCUT2D eigenvalue weighted by Gasteiger charge is -2.33. The third-order valence-corrected chi connectivity index (χ3v) is 4.38. The average molecular weight is 332 g/mol. The molecule has 0 spiro atoms. The van der Waals surface area contributed by atoms with E-state index in [4.69, 9.17) is 4.74 Å². The highest BCUT2D eigenvalue weighted by atomic mass is 16.5. The Morgan fingerprint density at radius 3 is 2.25 bits per heavy atom. The van der Waals surface area contributed by atoms with E-state index in [9.17, 15) is 9.59 Å². The smallest absolute Gasteiger partial charge is 0.305 e. The van der Waals surface area contributed by atoms with Gasteiger partial charge in [0.1, 0.15) is 6.61 Å². The molecule has 1 aromatic carbocycles. The van der Waals surface area contributed by atoms with E-state index in [1.807, 2.05) is 45.0 Å². The second kappa shape index (κ2) is 9.21. The highest BCUT2D eigenvalue weighted by Gasteiger charge is 2.38. The number of likely N-dealkylation sites (N-methyl/N-ethyl adjacent to an activating group) is 1. The molecule has 0 N–H and O–H groups in total. The summed E-state index contributed by atoms with van der Waals surface area (Å²) < 4.78 is 4.93. The fourth-order valence-corrected chi connectivity index (χ4v) is 2.71. The first-order chi connectivity index (χ1) is 11.4. The molecule has 0 heterocycles. The Bertz CT molecular complexity index is 575. The van der Waals surface area contributed by atoms with Gasteiger partial charge in [-0.15, -0.1) is 0 Å². The molecule has 0 aliphatic heterocycles. The summed E-state index contributed by atoms with van der Waals surface area (Å²) in [5, 5.41) is 5.46. The van der Waals surface area contributed by atoms with Gasteiger partial charge < -0.3 is 4.74 Å². The molecule has 1 aromatic rings. The summed E-state index contributed by atoms with van der Waals surface area (Å²) in [6, 6.07) is 8.08. The maximum absolute atomic E-state index is 13.0. The SMILES string of the molecule is CCC(=O)OCC=NN(C)C(=O)C(CC)(CC)c1ccc(C)cc1. The van der Waals surface area contributed by atoms with Gasteiger partial charge in [0, 0.05) is 13.5 Å². The molecule has 0 fully saturated rings. The van der Waals surface area contributed by atoms with Crippen molar-refractivity contribution in [3.63, 3.8) is 0 Å². The Balaban J connectivity index is 2.91. The van der Waals surface area contributed by atoms with Crippen LogP contribution in [-0.2, 0) is 19.7 Å².